The molecule has 1 aliphatic rings. The van der Waals surface area contributed by atoms with E-state index in [1.54, 1.807) is 0 Å². The lowest BCUT2D eigenvalue weighted by molar-refractivity contribution is 0.393. The van der Waals surface area contributed by atoms with E-state index < -0.39 is 0 Å². The average Bonchev–Trinajstić information content (AvgIpc) is 2.39. The van der Waals surface area contributed by atoms with E-state index in [0.29, 0.717) is 6.54 Å². The molecule has 2 N–H and O–H groups in total. The number of piperidine rings is 1. The summed E-state index contributed by atoms with van der Waals surface area (Å²) in [5.41, 5.74) is 6.45. The number of halogens is 1. The molecular formula is C13H20FN3. The van der Waals surface area contributed by atoms with E-state index in [1.807, 2.05) is 0 Å². The van der Waals surface area contributed by atoms with Crippen LogP contribution in [0.25, 0.3) is 0 Å². The minimum absolute atomic E-state index is 0.308. The first-order valence-electron chi connectivity index (χ1n) is 6.34. The quantitative estimate of drug-likeness (QED) is 0.877. The third-order valence-corrected chi connectivity index (χ3v) is 3.62. The summed E-state index contributed by atoms with van der Waals surface area (Å²) in [5.74, 6) is 1.38. The van der Waals surface area contributed by atoms with Crippen molar-refractivity contribution >= 4 is 5.82 Å². The van der Waals surface area contributed by atoms with Gasteiger partial charge in [-0.1, -0.05) is 13.3 Å². The zero-order valence-electron chi connectivity index (χ0n) is 10.3. The van der Waals surface area contributed by atoms with Crippen LogP contribution < -0.4 is 10.6 Å². The first-order chi connectivity index (χ1) is 8.24. The highest BCUT2D eigenvalue weighted by atomic mass is 19.1. The number of anilines is 1. The van der Waals surface area contributed by atoms with Gasteiger partial charge in [0.15, 0.2) is 0 Å². The van der Waals surface area contributed by atoms with Crippen LogP contribution >= 0.6 is 0 Å². The molecule has 0 bridgehead atoms. The van der Waals surface area contributed by atoms with E-state index in [9.17, 15) is 4.39 Å². The van der Waals surface area contributed by atoms with Crippen LogP contribution in [0, 0.1) is 11.7 Å². The maximum absolute atomic E-state index is 13.1. The molecule has 1 aliphatic heterocycles. The molecule has 2 heterocycles. The molecule has 0 aromatic carbocycles. The Balaban J connectivity index is 2.12. The Hall–Kier alpha value is -1.16. The van der Waals surface area contributed by atoms with Gasteiger partial charge in [0.25, 0.3) is 0 Å². The van der Waals surface area contributed by atoms with Crippen LogP contribution in [-0.2, 0) is 6.54 Å². The number of hydrogen-bond acceptors (Lipinski definition) is 3. The van der Waals surface area contributed by atoms with Gasteiger partial charge in [0.1, 0.15) is 11.6 Å². The molecule has 17 heavy (non-hydrogen) atoms. The first-order valence-corrected chi connectivity index (χ1v) is 6.34. The van der Waals surface area contributed by atoms with Gasteiger partial charge in [0.05, 0.1) is 6.20 Å². The Labute approximate surface area is 102 Å². The van der Waals surface area contributed by atoms with Crippen molar-refractivity contribution in [3.63, 3.8) is 0 Å². The van der Waals surface area contributed by atoms with Gasteiger partial charge >= 0.3 is 0 Å². The van der Waals surface area contributed by atoms with Crippen LogP contribution in [0.5, 0.6) is 0 Å². The summed E-state index contributed by atoms with van der Waals surface area (Å²) < 4.78 is 13.1. The van der Waals surface area contributed by atoms with Gasteiger partial charge in [-0.15, -0.1) is 0 Å². The Morgan fingerprint density at radius 2 is 2.18 bits per heavy atom. The molecule has 0 aliphatic carbocycles. The SMILES string of the molecule is CCC1CCN(c2ncc(F)cc2CN)CC1. The number of hydrogen-bond donors (Lipinski definition) is 1. The Morgan fingerprint density at radius 3 is 2.76 bits per heavy atom. The third-order valence-electron chi connectivity index (χ3n) is 3.62. The molecule has 0 spiro atoms. The molecule has 2 rings (SSSR count). The zero-order chi connectivity index (χ0) is 12.3. The minimum atomic E-state index is -0.308. The summed E-state index contributed by atoms with van der Waals surface area (Å²) in [6.07, 6.45) is 4.91. The minimum Gasteiger partial charge on any atom is -0.356 e. The normalized spacial score (nSPS) is 17.5. The van der Waals surface area contributed by atoms with Gasteiger partial charge in [-0.25, -0.2) is 9.37 Å². The van der Waals surface area contributed by atoms with Crippen molar-refractivity contribution in [2.45, 2.75) is 32.7 Å². The number of nitrogens with zero attached hydrogens (tertiary/aromatic N) is 2. The highest BCUT2D eigenvalue weighted by molar-refractivity contribution is 5.47. The molecule has 0 saturated carbocycles. The fourth-order valence-electron chi connectivity index (χ4n) is 2.46. The summed E-state index contributed by atoms with van der Waals surface area (Å²) >= 11 is 0. The van der Waals surface area contributed by atoms with Crippen LogP contribution in [0.2, 0.25) is 0 Å². The fraction of sp³-hybridized carbons (Fsp3) is 0.615. The van der Waals surface area contributed by atoms with Gasteiger partial charge in [-0.3, -0.25) is 0 Å². The van der Waals surface area contributed by atoms with E-state index in [2.05, 4.69) is 16.8 Å². The second-order valence-corrected chi connectivity index (χ2v) is 4.68. The van der Waals surface area contributed by atoms with Crippen molar-refractivity contribution in [1.82, 2.24) is 4.98 Å². The predicted octanol–water partition coefficient (Wildman–Crippen LogP) is 2.31. The maximum atomic E-state index is 13.1. The van der Waals surface area contributed by atoms with E-state index in [1.165, 1.54) is 31.5 Å². The molecular weight excluding hydrogens is 217 g/mol. The molecule has 94 valence electrons. The van der Waals surface area contributed by atoms with Crippen molar-refractivity contribution in [3.05, 3.63) is 23.6 Å². The number of pyridine rings is 1. The predicted molar refractivity (Wildman–Crippen MR) is 67.3 cm³/mol. The van der Waals surface area contributed by atoms with Crippen molar-refractivity contribution < 1.29 is 4.39 Å². The molecule has 1 aromatic rings. The fourth-order valence-corrected chi connectivity index (χ4v) is 2.46. The lowest BCUT2D eigenvalue weighted by Gasteiger charge is -2.33. The summed E-state index contributed by atoms with van der Waals surface area (Å²) in [5, 5.41) is 0. The topological polar surface area (TPSA) is 42.2 Å². The summed E-state index contributed by atoms with van der Waals surface area (Å²) in [6.45, 7) is 4.59. The van der Waals surface area contributed by atoms with Gasteiger partial charge in [0.2, 0.25) is 0 Å². The number of rotatable bonds is 3. The van der Waals surface area contributed by atoms with Gasteiger partial charge in [0, 0.05) is 25.2 Å². The Bertz CT molecular complexity index is 373. The summed E-state index contributed by atoms with van der Waals surface area (Å²) in [7, 11) is 0. The highest BCUT2D eigenvalue weighted by Crippen LogP contribution is 2.26. The lowest BCUT2D eigenvalue weighted by Crippen LogP contribution is -2.35. The largest absolute Gasteiger partial charge is 0.356 e. The molecule has 0 unspecified atom stereocenters. The smallest absolute Gasteiger partial charge is 0.141 e. The molecule has 0 atom stereocenters. The number of nitrogens with two attached hydrogens (primary N) is 1. The molecule has 0 amide bonds. The van der Waals surface area contributed by atoms with E-state index in [4.69, 9.17) is 5.73 Å². The second-order valence-electron chi connectivity index (χ2n) is 4.68. The summed E-state index contributed by atoms with van der Waals surface area (Å²) in [4.78, 5) is 6.42. The van der Waals surface area contributed by atoms with Crippen molar-refractivity contribution in [1.29, 1.82) is 0 Å². The molecule has 1 aromatic heterocycles. The Kier molecular flexibility index (Phi) is 3.94. The zero-order valence-corrected chi connectivity index (χ0v) is 10.3. The van der Waals surface area contributed by atoms with E-state index >= 15 is 0 Å². The Morgan fingerprint density at radius 1 is 1.47 bits per heavy atom. The first kappa shape index (κ1) is 12.3. The van der Waals surface area contributed by atoms with Crippen molar-refractivity contribution in [2.24, 2.45) is 11.7 Å². The van der Waals surface area contributed by atoms with Crippen LogP contribution in [0.4, 0.5) is 10.2 Å². The lowest BCUT2D eigenvalue weighted by atomic mass is 9.94. The number of aromatic nitrogens is 1. The molecule has 0 radical (unpaired) electrons. The molecule has 1 fully saturated rings. The molecule has 4 heteroatoms. The molecule has 3 nitrogen and oxygen atoms in total. The van der Waals surface area contributed by atoms with Crippen molar-refractivity contribution in [2.75, 3.05) is 18.0 Å². The van der Waals surface area contributed by atoms with E-state index in [0.717, 1.165) is 30.4 Å². The monoisotopic (exact) mass is 237 g/mol. The van der Waals surface area contributed by atoms with E-state index in [-0.39, 0.29) is 5.82 Å². The van der Waals surface area contributed by atoms with Crippen LogP contribution in [0.3, 0.4) is 0 Å². The van der Waals surface area contributed by atoms with Gasteiger partial charge in [-0.05, 0) is 24.8 Å². The van der Waals surface area contributed by atoms with Gasteiger partial charge in [-0.2, -0.15) is 0 Å². The maximum Gasteiger partial charge on any atom is 0.141 e. The van der Waals surface area contributed by atoms with Gasteiger partial charge < -0.3 is 10.6 Å². The summed E-state index contributed by atoms with van der Waals surface area (Å²) in [6, 6.07) is 1.49. The van der Waals surface area contributed by atoms with Crippen LogP contribution in [-0.4, -0.2) is 18.1 Å². The van der Waals surface area contributed by atoms with Crippen LogP contribution in [0.1, 0.15) is 31.7 Å². The highest BCUT2D eigenvalue weighted by Gasteiger charge is 2.20. The standard InChI is InChI=1S/C13H20FN3/c1-2-10-3-5-17(6-4-10)13-11(8-15)7-12(14)9-16-13/h7,9-10H,2-6,8,15H2,1H3. The van der Waals surface area contributed by atoms with Crippen LogP contribution in [0.15, 0.2) is 12.3 Å². The average molecular weight is 237 g/mol. The van der Waals surface area contributed by atoms with Crippen molar-refractivity contribution in [3.8, 4) is 0 Å². The second kappa shape index (κ2) is 5.45. The molecule has 1 saturated heterocycles. The third kappa shape index (κ3) is 2.75.